The Morgan fingerprint density at radius 1 is 1.06 bits per heavy atom. The lowest BCUT2D eigenvalue weighted by atomic mass is 9.84. The van der Waals surface area contributed by atoms with Crippen LogP contribution in [0.5, 0.6) is 17.2 Å². The molecule has 3 rings (SSSR count). The van der Waals surface area contributed by atoms with Gasteiger partial charge in [0.2, 0.25) is 5.75 Å². The SMILES string of the molecule is CCC(CCC(C)(C)COc1c(-c2ccc3c(c2)CCC3=O)ccc(OC)c1OC)C(=O)O. The van der Waals surface area contributed by atoms with Crippen molar-refractivity contribution in [2.24, 2.45) is 11.3 Å². The molecule has 2 aromatic rings. The predicted octanol–water partition coefficient (Wildman–Crippen LogP) is 5.80. The van der Waals surface area contributed by atoms with E-state index in [2.05, 4.69) is 19.9 Å². The summed E-state index contributed by atoms with van der Waals surface area (Å²) >= 11 is 0. The van der Waals surface area contributed by atoms with E-state index in [-0.39, 0.29) is 17.1 Å². The Balaban J connectivity index is 1.90. The van der Waals surface area contributed by atoms with Crippen LogP contribution in [-0.4, -0.2) is 37.7 Å². The number of Topliss-reactive ketones (excluding diaryl/α,β-unsaturated/α-hetero) is 1. The third-order valence-electron chi connectivity index (χ3n) is 6.46. The molecule has 0 heterocycles. The molecule has 0 spiro atoms. The summed E-state index contributed by atoms with van der Waals surface area (Å²) in [5.74, 6) is 0.761. The van der Waals surface area contributed by atoms with Crippen molar-refractivity contribution in [3.63, 3.8) is 0 Å². The first kappa shape index (κ1) is 24.6. The van der Waals surface area contributed by atoms with Gasteiger partial charge in [-0.05, 0) is 54.4 Å². The van der Waals surface area contributed by atoms with E-state index in [4.69, 9.17) is 14.2 Å². The zero-order chi connectivity index (χ0) is 24.2. The van der Waals surface area contributed by atoms with Crippen LogP contribution in [0.25, 0.3) is 11.1 Å². The van der Waals surface area contributed by atoms with Crippen molar-refractivity contribution in [1.29, 1.82) is 0 Å². The van der Waals surface area contributed by atoms with Gasteiger partial charge in [-0.3, -0.25) is 9.59 Å². The monoisotopic (exact) mass is 454 g/mol. The standard InChI is InChI=1S/C27H34O6/c1-6-17(26(29)30)13-14-27(2,3)16-33-24-21(10-12-23(31-4)25(24)32-5)19-7-9-20-18(15-19)8-11-22(20)28/h7,9-10,12,15,17H,6,8,11,13-14,16H2,1-5H3,(H,29,30). The fourth-order valence-corrected chi connectivity index (χ4v) is 4.30. The van der Waals surface area contributed by atoms with Crippen LogP contribution in [0.3, 0.4) is 0 Å². The quantitative estimate of drug-likeness (QED) is 0.462. The number of aliphatic carboxylic acids is 1. The summed E-state index contributed by atoms with van der Waals surface area (Å²) in [5, 5.41) is 9.37. The first-order valence-corrected chi connectivity index (χ1v) is 11.5. The van der Waals surface area contributed by atoms with Gasteiger partial charge in [-0.2, -0.15) is 0 Å². The number of carboxylic acid groups (broad SMARTS) is 1. The maximum atomic E-state index is 12.1. The zero-order valence-electron chi connectivity index (χ0n) is 20.2. The highest BCUT2D eigenvalue weighted by atomic mass is 16.5. The van der Waals surface area contributed by atoms with E-state index in [1.54, 1.807) is 14.2 Å². The lowest BCUT2D eigenvalue weighted by molar-refractivity contribution is -0.142. The molecule has 6 heteroatoms. The van der Waals surface area contributed by atoms with Gasteiger partial charge in [0.25, 0.3) is 0 Å². The molecule has 1 aliphatic carbocycles. The molecule has 1 aliphatic rings. The van der Waals surface area contributed by atoms with Crippen molar-refractivity contribution in [3.8, 4) is 28.4 Å². The first-order chi connectivity index (χ1) is 15.7. The molecule has 0 saturated heterocycles. The molecule has 1 atom stereocenters. The number of carbonyl (C=O) groups is 2. The normalized spacial score (nSPS) is 14.0. The molecule has 6 nitrogen and oxygen atoms in total. The Hall–Kier alpha value is -3.02. The van der Waals surface area contributed by atoms with E-state index in [1.807, 2.05) is 31.2 Å². The molecule has 0 aliphatic heterocycles. The van der Waals surface area contributed by atoms with Crippen molar-refractivity contribution < 1.29 is 28.9 Å². The van der Waals surface area contributed by atoms with Gasteiger partial charge in [0, 0.05) is 17.5 Å². The van der Waals surface area contributed by atoms with E-state index in [1.165, 1.54) is 0 Å². The van der Waals surface area contributed by atoms with Crippen molar-refractivity contribution in [1.82, 2.24) is 0 Å². The second kappa shape index (κ2) is 10.3. The number of methoxy groups -OCH3 is 2. The lowest BCUT2D eigenvalue weighted by Crippen LogP contribution is -2.24. The average molecular weight is 455 g/mol. The number of hydrogen-bond acceptors (Lipinski definition) is 5. The van der Waals surface area contributed by atoms with E-state index in [0.717, 1.165) is 35.1 Å². The molecule has 0 bridgehead atoms. The Kier molecular flexibility index (Phi) is 7.67. The molecule has 2 aromatic carbocycles. The summed E-state index contributed by atoms with van der Waals surface area (Å²) < 4.78 is 17.5. The smallest absolute Gasteiger partial charge is 0.306 e. The third-order valence-corrected chi connectivity index (χ3v) is 6.46. The van der Waals surface area contributed by atoms with Gasteiger partial charge < -0.3 is 19.3 Å². The van der Waals surface area contributed by atoms with Gasteiger partial charge in [-0.25, -0.2) is 0 Å². The zero-order valence-corrected chi connectivity index (χ0v) is 20.2. The maximum Gasteiger partial charge on any atom is 0.306 e. The maximum absolute atomic E-state index is 12.1. The fraction of sp³-hybridized carbons (Fsp3) is 0.481. The van der Waals surface area contributed by atoms with Crippen LogP contribution < -0.4 is 14.2 Å². The Bertz CT molecular complexity index is 1020. The number of rotatable bonds is 11. The van der Waals surface area contributed by atoms with Crippen LogP contribution in [0, 0.1) is 11.3 Å². The number of carbonyl (C=O) groups excluding carboxylic acids is 1. The number of ether oxygens (including phenoxy) is 3. The minimum Gasteiger partial charge on any atom is -0.493 e. The molecule has 1 unspecified atom stereocenters. The summed E-state index contributed by atoms with van der Waals surface area (Å²) in [4.78, 5) is 23.5. The highest BCUT2D eigenvalue weighted by molar-refractivity contribution is 6.01. The Morgan fingerprint density at radius 3 is 2.42 bits per heavy atom. The summed E-state index contributed by atoms with van der Waals surface area (Å²) in [7, 11) is 3.17. The third kappa shape index (κ3) is 5.49. The van der Waals surface area contributed by atoms with Gasteiger partial charge in [0.1, 0.15) is 0 Å². The number of aryl methyl sites for hydroxylation is 1. The van der Waals surface area contributed by atoms with Gasteiger partial charge in [0.05, 0.1) is 26.7 Å². The predicted molar refractivity (Wildman–Crippen MR) is 128 cm³/mol. The highest BCUT2D eigenvalue weighted by Crippen LogP contribution is 2.46. The molecule has 0 saturated carbocycles. The van der Waals surface area contributed by atoms with Crippen molar-refractivity contribution in [3.05, 3.63) is 41.5 Å². The molecule has 33 heavy (non-hydrogen) atoms. The van der Waals surface area contributed by atoms with Crippen LogP contribution >= 0.6 is 0 Å². The second-order valence-corrected chi connectivity index (χ2v) is 9.41. The van der Waals surface area contributed by atoms with Crippen LogP contribution in [-0.2, 0) is 11.2 Å². The van der Waals surface area contributed by atoms with Crippen LogP contribution in [0.1, 0.15) is 62.4 Å². The molecule has 0 radical (unpaired) electrons. The van der Waals surface area contributed by atoms with E-state index in [9.17, 15) is 14.7 Å². The summed E-state index contributed by atoms with van der Waals surface area (Å²) in [6.45, 7) is 6.45. The number of benzene rings is 2. The molecule has 1 N–H and O–H groups in total. The lowest BCUT2D eigenvalue weighted by Gasteiger charge is -2.27. The van der Waals surface area contributed by atoms with E-state index < -0.39 is 5.97 Å². The molecule has 0 aromatic heterocycles. The van der Waals surface area contributed by atoms with Gasteiger partial charge in [0.15, 0.2) is 17.3 Å². The number of carboxylic acids is 1. The minimum atomic E-state index is -0.749. The molecule has 0 fully saturated rings. The largest absolute Gasteiger partial charge is 0.493 e. The summed E-state index contributed by atoms with van der Waals surface area (Å²) in [5.41, 5.74) is 3.43. The van der Waals surface area contributed by atoms with Crippen LogP contribution in [0.2, 0.25) is 0 Å². The highest BCUT2D eigenvalue weighted by Gasteiger charge is 2.27. The number of fused-ring (bicyclic) bond motifs is 1. The van der Waals surface area contributed by atoms with Crippen LogP contribution in [0.15, 0.2) is 30.3 Å². The Morgan fingerprint density at radius 2 is 1.79 bits per heavy atom. The van der Waals surface area contributed by atoms with Crippen molar-refractivity contribution in [2.75, 3.05) is 20.8 Å². The van der Waals surface area contributed by atoms with Crippen LogP contribution in [0.4, 0.5) is 0 Å². The first-order valence-electron chi connectivity index (χ1n) is 11.5. The molecular formula is C27H34O6. The van der Waals surface area contributed by atoms with E-state index in [0.29, 0.717) is 43.1 Å². The van der Waals surface area contributed by atoms with E-state index >= 15 is 0 Å². The van der Waals surface area contributed by atoms with Gasteiger partial charge in [-0.1, -0.05) is 39.0 Å². The fourth-order valence-electron chi connectivity index (χ4n) is 4.30. The average Bonchev–Trinajstić information content (AvgIpc) is 3.17. The second-order valence-electron chi connectivity index (χ2n) is 9.41. The topological polar surface area (TPSA) is 82.1 Å². The van der Waals surface area contributed by atoms with Gasteiger partial charge in [-0.15, -0.1) is 0 Å². The minimum absolute atomic E-state index is 0.189. The molecule has 178 valence electrons. The summed E-state index contributed by atoms with van der Waals surface area (Å²) in [6, 6.07) is 9.68. The van der Waals surface area contributed by atoms with Crippen molar-refractivity contribution in [2.45, 2.75) is 52.9 Å². The molecule has 0 amide bonds. The van der Waals surface area contributed by atoms with Gasteiger partial charge >= 0.3 is 5.97 Å². The number of ketones is 1. The van der Waals surface area contributed by atoms with Crippen molar-refractivity contribution >= 4 is 11.8 Å². The Labute approximate surface area is 195 Å². The summed E-state index contributed by atoms with van der Waals surface area (Å²) in [6.07, 6.45) is 3.24. The molecular weight excluding hydrogens is 420 g/mol. The number of hydrogen-bond donors (Lipinski definition) is 1.